The van der Waals surface area contributed by atoms with E-state index in [0.717, 1.165) is 0 Å². The number of para-hydroxylation sites is 1. The highest BCUT2D eigenvalue weighted by atomic mass is 35.5. The molecule has 0 saturated heterocycles. The van der Waals surface area contributed by atoms with E-state index in [1.54, 1.807) is 72.8 Å². The summed E-state index contributed by atoms with van der Waals surface area (Å²) in [5.74, 6) is 0.155. The van der Waals surface area contributed by atoms with Crippen molar-refractivity contribution in [3.8, 4) is 17.6 Å². The third-order valence-corrected chi connectivity index (χ3v) is 4.73. The van der Waals surface area contributed by atoms with Crippen LogP contribution < -0.4 is 20.1 Å². The molecule has 3 aromatic carbocycles. The number of ether oxygens (including phenoxy) is 2. The van der Waals surface area contributed by atoms with Crippen LogP contribution in [0.1, 0.15) is 5.56 Å². The summed E-state index contributed by atoms with van der Waals surface area (Å²) in [6.45, 7) is -0.202. The largest absolute Gasteiger partial charge is 0.497 e. The van der Waals surface area contributed by atoms with E-state index in [0.29, 0.717) is 33.5 Å². The smallest absolute Gasteiger partial charge is 0.266 e. The number of amides is 2. The molecule has 7 nitrogen and oxygen atoms in total. The van der Waals surface area contributed by atoms with Gasteiger partial charge in [0.25, 0.3) is 11.8 Å². The number of halogens is 1. The van der Waals surface area contributed by atoms with E-state index in [9.17, 15) is 14.9 Å². The molecule has 2 N–H and O–H groups in total. The Morgan fingerprint density at radius 1 is 1.00 bits per heavy atom. The van der Waals surface area contributed by atoms with Crippen LogP contribution in [0.15, 0.2) is 78.4 Å². The van der Waals surface area contributed by atoms with Crippen LogP contribution in [-0.4, -0.2) is 25.5 Å². The lowest BCUT2D eigenvalue weighted by molar-refractivity contribution is -0.118. The molecular formula is C25H20ClN3O4. The number of carbonyl (C=O) groups excluding carboxylic acids is 2. The molecule has 0 aliphatic rings. The van der Waals surface area contributed by atoms with Crippen molar-refractivity contribution >= 4 is 40.9 Å². The van der Waals surface area contributed by atoms with Gasteiger partial charge in [-0.05, 0) is 48.0 Å². The molecule has 0 aromatic heterocycles. The van der Waals surface area contributed by atoms with Gasteiger partial charge in [0.1, 0.15) is 23.1 Å². The molecule has 3 rings (SSSR count). The van der Waals surface area contributed by atoms with E-state index < -0.39 is 5.91 Å². The maximum atomic E-state index is 12.4. The third-order valence-electron chi connectivity index (χ3n) is 4.40. The molecule has 0 bridgehead atoms. The fourth-order valence-electron chi connectivity index (χ4n) is 2.77. The lowest BCUT2D eigenvalue weighted by Crippen LogP contribution is -2.20. The van der Waals surface area contributed by atoms with Crippen molar-refractivity contribution in [1.82, 2.24) is 0 Å². The first-order chi connectivity index (χ1) is 16.0. The number of anilines is 2. The van der Waals surface area contributed by atoms with Gasteiger partial charge in [-0.3, -0.25) is 9.59 Å². The molecule has 0 radical (unpaired) electrons. The molecule has 166 valence electrons. The van der Waals surface area contributed by atoms with E-state index in [-0.39, 0.29) is 18.1 Å². The summed E-state index contributed by atoms with van der Waals surface area (Å²) in [5.41, 5.74) is 1.58. The number of carbonyl (C=O) groups is 2. The molecule has 2 amide bonds. The molecule has 0 aliphatic carbocycles. The van der Waals surface area contributed by atoms with Gasteiger partial charge in [-0.2, -0.15) is 5.26 Å². The number of benzene rings is 3. The molecule has 0 atom stereocenters. The molecule has 33 heavy (non-hydrogen) atoms. The zero-order valence-corrected chi connectivity index (χ0v) is 18.4. The summed E-state index contributed by atoms with van der Waals surface area (Å²) in [5, 5.41) is 15.2. The molecule has 0 aliphatic heterocycles. The van der Waals surface area contributed by atoms with E-state index in [2.05, 4.69) is 10.6 Å². The number of methoxy groups -OCH3 is 1. The fourth-order valence-corrected chi connectivity index (χ4v) is 2.96. The standard InChI is InChI=1S/C25H20ClN3O4/c1-32-21-6-4-5-19(14-21)28-25(31)18(15-27)13-17-9-11-20(12-10-17)33-16-24(30)29-23-8-3-2-7-22(23)26/h2-14H,16H2,1H3,(H,28,31)(H,29,30)/b18-13+. The first-order valence-corrected chi connectivity index (χ1v) is 10.2. The van der Waals surface area contributed by atoms with Crippen molar-refractivity contribution in [2.24, 2.45) is 0 Å². The first kappa shape index (κ1) is 23.4. The van der Waals surface area contributed by atoms with Crippen molar-refractivity contribution < 1.29 is 19.1 Å². The quantitative estimate of drug-likeness (QED) is 0.366. The van der Waals surface area contributed by atoms with Crippen molar-refractivity contribution in [2.75, 3.05) is 24.4 Å². The Kier molecular flexibility index (Phi) is 8.06. The predicted octanol–water partition coefficient (Wildman–Crippen LogP) is 4.91. The molecule has 0 saturated carbocycles. The molecule has 0 fully saturated rings. The summed E-state index contributed by atoms with van der Waals surface area (Å²) in [6.07, 6.45) is 1.46. The molecule has 8 heteroatoms. The van der Waals surface area contributed by atoms with Gasteiger partial charge < -0.3 is 20.1 Å². The molecular weight excluding hydrogens is 442 g/mol. The van der Waals surface area contributed by atoms with Crippen molar-refractivity contribution in [2.45, 2.75) is 0 Å². The second kappa shape index (κ2) is 11.4. The SMILES string of the molecule is COc1cccc(NC(=O)/C(C#N)=C/c2ccc(OCC(=O)Nc3ccccc3Cl)cc2)c1. The van der Waals surface area contributed by atoms with Crippen LogP contribution in [0.25, 0.3) is 6.08 Å². The summed E-state index contributed by atoms with van der Waals surface area (Å²) in [6, 6.07) is 22.3. The highest BCUT2D eigenvalue weighted by molar-refractivity contribution is 6.33. The number of hydrogen-bond donors (Lipinski definition) is 2. The summed E-state index contributed by atoms with van der Waals surface area (Å²) >= 11 is 6.02. The molecule has 0 heterocycles. The lowest BCUT2D eigenvalue weighted by atomic mass is 10.1. The Hall–Kier alpha value is -4.28. The van der Waals surface area contributed by atoms with Crippen LogP contribution >= 0.6 is 11.6 Å². The Balaban J connectivity index is 1.58. The van der Waals surface area contributed by atoms with E-state index in [1.165, 1.54) is 13.2 Å². The van der Waals surface area contributed by atoms with Gasteiger partial charge in [-0.25, -0.2) is 0 Å². The highest BCUT2D eigenvalue weighted by Gasteiger charge is 2.11. The lowest BCUT2D eigenvalue weighted by Gasteiger charge is -2.09. The van der Waals surface area contributed by atoms with Gasteiger partial charge in [-0.1, -0.05) is 41.9 Å². The van der Waals surface area contributed by atoms with Crippen molar-refractivity contribution in [1.29, 1.82) is 5.26 Å². The van der Waals surface area contributed by atoms with Gasteiger partial charge in [0.2, 0.25) is 0 Å². The monoisotopic (exact) mass is 461 g/mol. The van der Waals surface area contributed by atoms with Crippen molar-refractivity contribution in [3.05, 3.63) is 89.0 Å². The van der Waals surface area contributed by atoms with Crippen LogP contribution in [0.3, 0.4) is 0 Å². The normalized spacial score (nSPS) is 10.6. The van der Waals surface area contributed by atoms with E-state index in [1.807, 2.05) is 6.07 Å². The topological polar surface area (TPSA) is 100 Å². The van der Waals surface area contributed by atoms with Crippen LogP contribution in [0.4, 0.5) is 11.4 Å². The zero-order valence-electron chi connectivity index (χ0n) is 17.7. The Morgan fingerprint density at radius 2 is 1.76 bits per heavy atom. The fraction of sp³-hybridized carbons (Fsp3) is 0.0800. The number of nitriles is 1. The van der Waals surface area contributed by atoms with Crippen LogP contribution in [0.5, 0.6) is 11.5 Å². The Bertz CT molecular complexity index is 1220. The maximum absolute atomic E-state index is 12.4. The van der Waals surface area contributed by atoms with Crippen LogP contribution in [-0.2, 0) is 9.59 Å². The minimum absolute atomic E-state index is 0.0643. The minimum Gasteiger partial charge on any atom is -0.497 e. The highest BCUT2D eigenvalue weighted by Crippen LogP contribution is 2.21. The zero-order chi connectivity index (χ0) is 23.6. The van der Waals surface area contributed by atoms with E-state index in [4.69, 9.17) is 21.1 Å². The van der Waals surface area contributed by atoms with E-state index >= 15 is 0 Å². The van der Waals surface area contributed by atoms with Gasteiger partial charge in [0.15, 0.2) is 6.61 Å². The molecule has 3 aromatic rings. The Morgan fingerprint density at radius 3 is 2.45 bits per heavy atom. The number of nitrogens with one attached hydrogen (secondary N) is 2. The van der Waals surface area contributed by atoms with Crippen LogP contribution in [0.2, 0.25) is 5.02 Å². The number of rotatable bonds is 8. The first-order valence-electron chi connectivity index (χ1n) is 9.83. The summed E-state index contributed by atoms with van der Waals surface area (Å²) < 4.78 is 10.6. The average Bonchev–Trinajstić information content (AvgIpc) is 2.83. The molecule has 0 unspecified atom stereocenters. The van der Waals surface area contributed by atoms with Gasteiger partial charge in [0.05, 0.1) is 17.8 Å². The number of nitrogens with zero attached hydrogens (tertiary/aromatic N) is 1. The minimum atomic E-state index is -0.540. The van der Waals surface area contributed by atoms with Gasteiger partial charge in [-0.15, -0.1) is 0 Å². The summed E-state index contributed by atoms with van der Waals surface area (Å²) in [4.78, 5) is 24.5. The maximum Gasteiger partial charge on any atom is 0.266 e. The second-order valence-electron chi connectivity index (χ2n) is 6.74. The second-order valence-corrected chi connectivity index (χ2v) is 7.15. The van der Waals surface area contributed by atoms with Crippen molar-refractivity contribution in [3.63, 3.8) is 0 Å². The predicted molar refractivity (Wildman–Crippen MR) is 127 cm³/mol. The molecule has 0 spiro atoms. The number of hydrogen-bond acceptors (Lipinski definition) is 5. The Labute approximate surface area is 196 Å². The van der Waals surface area contributed by atoms with Gasteiger partial charge in [0, 0.05) is 11.8 Å². The van der Waals surface area contributed by atoms with Crippen LogP contribution in [0, 0.1) is 11.3 Å². The third kappa shape index (κ3) is 6.86. The summed E-state index contributed by atoms with van der Waals surface area (Å²) in [7, 11) is 1.53. The van der Waals surface area contributed by atoms with Gasteiger partial charge >= 0.3 is 0 Å². The average molecular weight is 462 g/mol.